The second-order valence-electron chi connectivity index (χ2n) is 4.83. The summed E-state index contributed by atoms with van der Waals surface area (Å²) < 4.78 is 5.05. The number of hydrogen-bond acceptors (Lipinski definition) is 4. The van der Waals surface area contributed by atoms with Gasteiger partial charge in [0.1, 0.15) is 0 Å². The van der Waals surface area contributed by atoms with E-state index in [4.69, 9.17) is 4.52 Å². The van der Waals surface area contributed by atoms with E-state index in [2.05, 4.69) is 15.8 Å². The van der Waals surface area contributed by atoms with Gasteiger partial charge in [-0.15, -0.1) is 0 Å². The smallest absolute Gasteiger partial charge is 0.240 e. The minimum atomic E-state index is -0.437. The summed E-state index contributed by atoms with van der Waals surface area (Å²) in [5.74, 6) is 0.724. The molecule has 1 amide bonds. The predicted molar refractivity (Wildman–Crippen MR) is 63.3 cm³/mol. The normalized spacial score (nSPS) is 24.6. The Bertz CT molecular complexity index is 394. The quantitative estimate of drug-likeness (QED) is 0.827. The number of nitrogens with one attached hydrogen (secondary N) is 2. The summed E-state index contributed by atoms with van der Waals surface area (Å²) in [6.45, 7) is 5.12. The van der Waals surface area contributed by atoms with E-state index in [1.54, 1.807) is 0 Å². The third-order valence-corrected chi connectivity index (χ3v) is 3.22. The van der Waals surface area contributed by atoms with Gasteiger partial charge in [-0.05, 0) is 39.7 Å². The van der Waals surface area contributed by atoms with Crippen LogP contribution < -0.4 is 10.6 Å². The summed E-state index contributed by atoms with van der Waals surface area (Å²) in [5.41, 5.74) is 0.393. The molecule has 0 radical (unpaired) electrons. The first-order valence-corrected chi connectivity index (χ1v) is 6.06. The molecular weight excluding hydrogens is 218 g/mol. The van der Waals surface area contributed by atoms with Gasteiger partial charge in [0.05, 0.1) is 17.8 Å². The Hall–Kier alpha value is -1.36. The number of aryl methyl sites for hydroxylation is 1. The predicted octanol–water partition coefficient (Wildman–Crippen LogP) is 1.13. The largest absolute Gasteiger partial charge is 0.359 e. The standard InChI is InChI=1S/C12H19N3O2/c1-9-7-10(17-15-9)8-13-11(16)12(2)5-3-4-6-14-12/h7,14H,3-6,8H2,1-2H3,(H,13,16). The molecule has 5 heteroatoms. The van der Waals surface area contributed by atoms with Crippen LogP contribution in [0.5, 0.6) is 0 Å². The van der Waals surface area contributed by atoms with Crippen molar-refractivity contribution < 1.29 is 9.32 Å². The monoisotopic (exact) mass is 237 g/mol. The number of amides is 1. The lowest BCUT2D eigenvalue weighted by Crippen LogP contribution is -2.56. The summed E-state index contributed by atoms with van der Waals surface area (Å²) in [6, 6.07) is 1.83. The maximum absolute atomic E-state index is 12.1. The number of nitrogens with zero attached hydrogens (tertiary/aromatic N) is 1. The zero-order valence-corrected chi connectivity index (χ0v) is 10.4. The minimum absolute atomic E-state index is 0.0336. The van der Waals surface area contributed by atoms with Crippen LogP contribution in [0.1, 0.15) is 37.6 Å². The first-order valence-electron chi connectivity index (χ1n) is 6.06. The Morgan fingerprint density at radius 3 is 3.06 bits per heavy atom. The summed E-state index contributed by atoms with van der Waals surface area (Å²) in [4.78, 5) is 12.1. The van der Waals surface area contributed by atoms with E-state index in [1.165, 1.54) is 0 Å². The molecule has 1 aliphatic rings. The molecule has 1 aromatic rings. The van der Waals surface area contributed by atoms with Gasteiger partial charge in [-0.2, -0.15) is 0 Å². The zero-order valence-electron chi connectivity index (χ0n) is 10.4. The molecule has 2 heterocycles. The zero-order chi connectivity index (χ0) is 12.3. The van der Waals surface area contributed by atoms with Crippen molar-refractivity contribution in [3.05, 3.63) is 17.5 Å². The van der Waals surface area contributed by atoms with Crippen molar-refractivity contribution >= 4 is 5.91 Å². The highest BCUT2D eigenvalue weighted by Crippen LogP contribution is 2.18. The highest BCUT2D eigenvalue weighted by atomic mass is 16.5. The Kier molecular flexibility index (Phi) is 3.47. The lowest BCUT2D eigenvalue weighted by Gasteiger charge is -2.33. The van der Waals surface area contributed by atoms with Crippen molar-refractivity contribution in [3.8, 4) is 0 Å². The molecule has 0 saturated carbocycles. The molecule has 17 heavy (non-hydrogen) atoms. The van der Waals surface area contributed by atoms with Crippen LogP contribution in [0.4, 0.5) is 0 Å². The first-order chi connectivity index (χ1) is 8.10. The van der Waals surface area contributed by atoms with Gasteiger partial charge in [0, 0.05) is 6.07 Å². The van der Waals surface area contributed by atoms with E-state index in [1.807, 2.05) is 19.9 Å². The number of piperidine rings is 1. The van der Waals surface area contributed by atoms with Crippen LogP contribution in [-0.2, 0) is 11.3 Å². The van der Waals surface area contributed by atoms with Crippen LogP contribution in [0.3, 0.4) is 0 Å². The second kappa shape index (κ2) is 4.87. The molecule has 0 aliphatic carbocycles. The van der Waals surface area contributed by atoms with Crippen molar-refractivity contribution in [2.24, 2.45) is 0 Å². The molecule has 1 aromatic heterocycles. The Morgan fingerprint density at radius 1 is 1.65 bits per heavy atom. The maximum atomic E-state index is 12.1. The highest BCUT2D eigenvalue weighted by molar-refractivity contribution is 5.85. The van der Waals surface area contributed by atoms with Crippen molar-refractivity contribution in [2.75, 3.05) is 6.54 Å². The molecule has 1 atom stereocenters. The number of carbonyl (C=O) groups is 1. The van der Waals surface area contributed by atoms with Gasteiger partial charge in [-0.25, -0.2) is 0 Å². The van der Waals surface area contributed by atoms with Gasteiger partial charge in [0.2, 0.25) is 5.91 Å². The van der Waals surface area contributed by atoms with Crippen LogP contribution in [0.2, 0.25) is 0 Å². The maximum Gasteiger partial charge on any atom is 0.240 e. The van der Waals surface area contributed by atoms with E-state index in [0.717, 1.165) is 31.5 Å². The molecule has 94 valence electrons. The number of hydrogen-bond donors (Lipinski definition) is 2. The molecule has 1 unspecified atom stereocenters. The molecule has 1 aliphatic heterocycles. The fourth-order valence-corrected chi connectivity index (χ4v) is 2.11. The lowest BCUT2D eigenvalue weighted by molar-refractivity contribution is -0.128. The third kappa shape index (κ3) is 2.85. The number of rotatable bonds is 3. The summed E-state index contributed by atoms with van der Waals surface area (Å²) in [6.07, 6.45) is 3.12. The second-order valence-corrected chi connectivity index (χ2v) is 4.83. The van der Waals surface area contributed by atoms with Crippen molar-refractivity contribution in [1.82, 2.24) is 15.8 Å². The average Bonchev–Trinajstić information content (AvgIpc) is 2.73. The number of aromatic nitrogens is 1. The highest BCUT2D eigenvalue weighted by Gasteiger charge is 2.33. The van der Waals surface area contributed by atoms with Gasteiger partial charge < -0.3 is 15.2 Å². The van der Waals surface area contributed by atoms with E-state index in [0.29, 0.717) is 12.3 Å². The molecule has 1 saturated heterocycles. The van der Waals surface area contributed by atoms with Gasteiger partial charge in [0.25, 0.3) is 0 Å². The Labute approximate surface area is 101 Å². The molecule has 1 fully saturated rings. The summed E-state index contributed by atoms with van der Waals surface area (Å²) in [7, 11) is 0. The van der Waals surface area contributed by atoms with E-state index >= 15 is 0 Å². The van der Waals surface area contributed by atoms with Crippen LogP contribution in [0, 0.1) is 6.92 Å². The molecule has 0 bridgehead atoms. The van der Waals surface area contributed by atoms with Gasteiger partial charge >= 0.3 is 0 Å². The van der Waals surface area contributed by atoms with E-state index in [-0.39, 0.29) is 5.91 Å². The lowest BCUT2D eigenvalue weighted by atomic mass is 9.90. The topological polar surface area (TPSA) is 67.2 Å². The summed E-state index contributed by atoms with van der Waals surface area (Å²) >= 11 is 0. The SMILES string of the molecule is Cc1cc(CNC(=O)C2(C)CCCCN2)on1. The first kappa shape index (κ1) is 12.1. The third-order valence-electron chi connectivity index (χ3n) is 3.22. The molecule has 0 spiro atoms. The van der Waals surface area contributed by atoms with E-state index < -0.39 is 5.54 Å². The van der Waals surface area contributed by atoms with Crippen LogP contribution >= 0.6 is 0 Å². The molecular formula is C12H19N3O2. The Balaban J connectivity index is 1.88. The minimum Gasteiger partial charge on any atom is -0.359 e. The average molecular weight is 237 g/mol. The fraction of sp³-hybridized carbons (Fsp3) is 0.667. The van der Waals surface area contributed by atoms with Gasteiger partial charge in [-0.1, -0.05) is 5.16 Å². The van der Waals surface area contributed by atoms with Crippen molar-refractivity contribution in [2.45, 2.75) is 45.2 Å². The van der Waals surface area contributed by atoms with Crippen LogP contribution in [-0.4, -0.2) is 23.1 Å². The van der Waals surface area contributed by atoms with Gasteiger partial charge in [-0.3, -0.25) is 4.79 Å². The van der Waals surface area contributed by atoms with Gasteiger partial charge in [0.15, 0.2) is 5.76 Å². The summed E-state index contributed by atoms with van der Waals surface area (Å²) in [5, 5.41) is 9.95. The molecule has 5 nitrogen and oxygen atoms in total. The van der Waals surface area contributed by atoms with Crippen LogP contribution in [0.25, 0.3) is 0 Å². The fourth-order valence-electron chi connectivity index (χ4n) is 2.11. The van der Waals surface area contributed by atoms with Crippen molar-refractivity contribution in [1.29, 1.82) is 0 Å². The molecule has 0 aromatic carbocycles. The van der Waals surface area contributed by atoms with E-state index in [9.17, 15) is 4.79 Å². The molecule has 2 N–H and O–H groups in total. The van der Waals surface area contributed by atoms with Crippen molar-refractivity contribution in [3.63, 3.8) is 0 Å². The Morgan fingerprint density at radius 2 is 2.47 bits per heavy atom. The molecule has 2 rings (SSSR count). The number of carbonyl (C=O) groups excluding carboxylic acids is 1. The van der Waals surface area contributed by atoms with Crippen LogP contribution in [0.15, 0.2) is 10.6 Å².